The van der Waals surface area contributed by atoms with Crippen LogP contribution in [0, 0.1) is 0 Å². The molecule has 1 amide bonds. The number of nitrogens with zero attached hydrogens (tertiary/aromatic N) is 1. The van der Waals surface area contributed by atoms with E-state index in [4.69, 9.17) is 0 Å². The van der Waals surface area contributed by atoms with Crippen LogP contribution in [-0.2, 0) is 29.0 Å². The normalized spacial score (nSPS) is 16.9. The van der Waals surface area contributed by atoms with Crippen molar-refractivity contribution in [3.63, 3.8) is 0 Å². The standard InChI is InChI=1S/C18H17NO3/c20-17(10-13-6-2-1-3-7-13)19-12-15-9-5-4-8-14(15)11-16(19)18(21)22/h1-9,16H,10-12H2,(H,21,22). The first-order chi connectivity index (χ1) is 10.6. The number of rotatable bonds is 3. The fourth-order valence-electron chi connectivity index (χ4n) is 2.88. The molecule has 1 aliphatic heterocycles. The molecular weight excluding hydrogens is 278 g/mol. The molecule has 1 unspecified atom stereocenters. The Bertz CT molecular complexity index is 696. The first-order valence-corrected chi connectivity index (χ1v) is 7.28. The van der Waals surface area contributed by atoms with Gasteiger partial charge in [0.2, 0.25) is 5.91 Å². The van der Waals surface area contributed by atoms with E-state index in [1.807, 2.05) is 54.6 Å². The third kappa shape index (κ3) is 2.86. The summed E-state index contributed by atoms with van der Waals surface area (Å²) in [5.41, 5.74) is 2.94. The number of hydrogen-bond acceptors (Lipinski definition) is 2. The molecule has 1 aliphatic rings. The third-order valence-electron chi connectivity index (χ3n) is 4.05. The van der Waals surface area contributed by atoms with Crippen LogP contribution < -0.4 is 0 Å². The molecule has 112 valence electrons. The quantitative estimate of drug-likeness (QED) is 0.945. The third-order valence-corrected chi connectivity index (χ3v) is 4.05. The number of carboxylic acid groups (broad SMARTS) is 1. The van der Waals surface area contributed by atoms with Crippen LogP contribution in [0.4, 0.5) is 0 Å². The summed E-state index contributed by atoms with van der Waals surface area (Å²) in [5, 5.41) is 9.46. The molecule has 4 nitrogen and oxygen atoms in total. The predicted molar refractivity (Wildman–Crippen MR) is 82.3 cm³/mol. The molecule has 0 fully saturated rings. The molecular formula is C18H17NO3. The van der Waals surface area contributed by atoms with Crippen LogP contribution in [0.3, 0.4) is 0 Å². The molecule has 0 aromatic heterocycles. The van der Waals surface area contributed by atoms with Gasteiger partial charge < -0.3 is 10.0 Å². The highest BCUT2D eigenvalue weighted by atomic mass is 16.4. The Labute approximate surface area is 129 Å². The highest BCUT2D eigenvalue weighted by molar-refractivity contribution is 5.85. The zero-order valence-electron chi connectivity index (χ0n) is 12.1. The van der Waals surface area contributed by atoms with Crippen molar-refractivity contribution < 1.29 is 14.7 Å². The molecule has 2 aromatic rings. The van der Waals surface area contributed by atoms with E-state index in [9.17, 15) is 14.7 Å². The Balaban J connectivity index is 1.84. The maximum Gasteiger partial charge on any atom is 0.326 e. The van der Waals surface area contributed by atoms with E-state index in [1.165, 1.54) is 4.90 Å². The van der Waals surface area contributed by atoms with Gasteiger partial charge in [0.25, 0.3) is 0 Å². The van der Waals surface area contributed by atoms with E-state index < -0.39 is 12.0 Å². The van der Waals surface area contributed by atoms with Gasteiger partial charge in [-0.25, -0.2) is 4.79 Å². The van der Waals surface area contributed by atoms with Crippen LogP contribution in [0.15, 0.2) is 54.6 Å². The van der Waals surface area contributed by atoms with E-state index in [0.717, 1.165) is 16.7 Å². The lowest BCUT2D eigenvalue weighted by Gasteiger charge is -2.34. The van der Waals surface area contributed by atoms with E-state index in [0.29, 0.717) is 13.0 Å². The summed E-state index contributed by atoms with van der Waals surface area (Å²) in [7, 11) is 0. The molecule has 22 heavy (non-hydrogen) atoms. The smallest absolute Gasteiger partial charge is 0.326 e. The van der Waals surface area contributed by atoms with Crippen molar-refractivity contribution >= 4 is 11.9 Å². The zero-order valence-corrected chi connectivity index (χ0v) is 12.1. The van der Waals surface area contributed by atoms with Gasteiger partial charge in [-0.2, -0.15) is 0 Å². The molecule has 0 radical (unpaired) electrons. The monoisotopic (exact) mass is 295 g/mol. The van der Waals surface area contributed by atoms with Crippen molar-refractivity contribution in [2.75, 3.05) is 0 Å². The van der Waals surface area contributed by atoms with Crippen molar-refractivity contribution in [3.05, 3.63) is 71.3 Å². The molecule has 1 heterocycles. The second-order valence-corrected chi connectivity index (χ2v) is 5.51. The van der Waals surface area contributed by atoms with Crippen molar-refractivity contribution in [1.82, 2.24) is 4.90 Å². The molecule has 0 saturated heterocycles. The fraction of sp³-hybridized carbons (Fsp3) is 0.222. The van der Waals surface area contributed by atoms with Crippen LogP contribution in [0.5, 0.6) is 0 Å². The predicted octanol–water partition coefficient (Wildman–Crippen LogP) is 2.27. The number of carboxylic acids is 1. The second kappa shape index (κ2) is 6.02. The van der Waals surface area contributed by atoms with Gasteiger partial charge in [0, 0.05) is 13.0 Å². The van der Waals surface area contributed by atoms with Crippen LogP contribution in [0.1, 0.15) is 16.7 Å². The van der Waals surface area contributed by atoms with E-state index in [1.54, 1.807) is 0 Å². The van der Waals surface area contributed by atoms with Gasteiger partial charge in [0.05, 0.1) is 6.42 Å². The largest absolute Gasteiger partial charge is 0.480 e. The Morgan fingerprint density at radius 1 is 1.00 bits per heavy atom. The Hall–Kier alpha value is -2.62. The van der Waals surface area contributed by atoms with Crippen molar-refractivity contribution in [2.45, 2.75) is 25.4 Å². The summed E-state index contributed by atoms with van der Waals surface area (Å²) >= 11 is 0. The molecule has 0 saturated carbocycles. The minimum absolute atomic E-state index is 0.145. The number of benzene rings is 2. The molecule has 1 N–H and O–H groups in total. The van der Waals surface area contributed by atoms with Crippen LogP contribution in [0.2, 0.25) is 0 Å². The van der Waals surface area contributed by atoms with Crippen molar-refractivity contribution in [3.8, 4) is 0 Å². The van der Waals surface area contributed by atoms with Gasteiger partial charge in [-0.05, 0) is 16.7 Å². The first-order valence-electron chi connectivity index (χ1n) is 7.28. The van der Waals surface area contributed by atoms with E-state index >= 15 is 0 Å². The highest BCUT2D eigenvalue weighted by Crippen LogP contribution is 2.24. The van der Waals surface area contributed by atoms with Crippen LogP contribution in [-0.4, -0.2) is 27.9 Å². The molecule has 1 atom stereocenters. The zero-order chi connectivity index (χ0) is 15.5. The maximum absolute atomic E-state index is 12.6. The molecule has 3 rings (SSSR count). The lowest BCUT2D eigenvalue weighted by Crippen LogP contribution is -2.49. The summed E-state index contributed by atoms with van der Waals surface area (Å²) < 4.78 is 0. The summed E-state index contributed by atoms with van der Waals surface area (Å²) in [5.74, 6) is -1.09. The summed E-state index contributed by atoms with van der Waals surface area (Å²) in [6, 6.07) is 16.3. The van der Waals surface area contributed by atoms with Crippen molar-refractivity contribution in [1.29, 1.82) is 0 Å². The number of hydrogen-bond donors (Lipinski definition) is 1. The molecule has 4 heteroatoms. The summed E-state index contributed by atoms with van der Waals surface area (Å²) in [6.45, 7) is 0.360. The second-order valence-electron chi connectivity index (χ2n) is 5.51. The average molecular weight is 295 g/mol. The topological polar surface area (TPSA) is 57.6 Å². The number of fused-ring (bicyclic) bond motifs is 1. The van der Waals surface area contributed by atoms with Gasteiger partial charge in [-0.3, -0.25) is 4.79 Å². The minimum Gasteiger partial charge on any atom is -0.480 e. The SMILES string of the molecule is O=C(O)C1Cc2ccccc2CN1C(=O)Cc1ccccc1. The average Bonchev–Trinajstić information content (AvgIpc) is 2.54. The van der Waals surface area contributed by atoms with Gasteiger partial charge in [-0.1, -0.05) is 54.6 Å². The number of carbonyl (C=O) groups excluding carboxylic acids is 1. The minimum atomic E-state index is -0.948. The van der Waals surface area contributed by atoms with Crippen LogP contribution >= 0.6 is 0 Å². The number of amides is 1. The van der Waals surface area contributed by atoms with Gasteiger partial charge in [0.15, 0.2) is 0 Å². The fourth-order valence-corrected chi connectivity index (χ4v) is 2.88. The van der Waals surface area contributed by atoms with E-state index in [2.05, 4.69) is 0 Å². The van der Waals surface area contributed by atoms with Gasteiger partial charge in [0.1, 0.15) is 6.04 Å². The van der Waals surface area contributed by atoms with Crippen LogP contribution in [0.25, 0.3) is 0 Å². The molecule has 0 aliphatic carbocycles. The summed E-state index contributed by atoms with van der Waals surface area (Å²) in [6.07, 6.45) is 0.596. The first kappa shape index (κ1) is 14.3. The van der Waals surface area contributed by atoms with Gasteiger partial charge >= 0.3 is 5.97 Å². The lowest BCUT2D eigenvalue weighted by atomic mass is 9.93. The molecule has 0 spiro atoms. The maximum atomic E-state index is 12.6. The summed E-state index contributed by atoms with van der Waals surface area (Å²) in [4.78, 5) is 25.6. The number of aliphatic carboxylic acids is 1. The Morgan fingerprint density at radius 2 is 1.64 bits per heavy atom. The van der Waals surface area contributed by atoms with Gasteiger partial charge in [-0.15, -0.1) is 0 Å². The lowest BCUT2D eigenvalue weighted by molar-refractivity contribution is -0.151. The Morgan fingerprint density at radius 3 is 2.32 bits per heavy atom. The molecule has 2 aromatic carbocycles. The highest BCUT2D eigenvalue weighted by Gasteiger charge is 2.34. The Kier molecular flexibility index (Phi) is 3.92. The number of carbonyl (C=O) groups is 2. The van der Waals surface area contributed by atoms with Crippen molar-refractivity contribution in [2.24, 2.45) is 0 Å². The van der Waals surface area contributed by atoms with E-state index in [-0.39, 0.29) is 12.3 Å². The molecule has 0 bridgehead atoms.